The molecule has 6 heteroatoms. The van der Waals surface area contributed by atoms with Crippen LogP contribution in [-0.2, 0) is 14.3 Å². The van der Waals surface area contributed by atoms with Gasteiger partial charge in [0, 0.05) is 12.8 Å². The molecule has 0 radical (unpaired) electrons. The lowest BCUT2D eigenvalue weighted by Crippen LogP contribution is -2.45. The monoisotopic (exact) mass is 902 g/mol. The summed E-state index contributed by atoms with van der Waals surface area (Å²) in [6, 6.07) is -0.639. The molecule has 378 valence electrons. The third-order valence-electron chi connectivity index (χ3n) is 13.2. The zero-order valence-electron chi connectivity index (χ0n) is 43.0. The molecule has 0 aliphatic carbocycles. The van der Waals surface area contributed by atoms with Gasteiger partial charge in [-0.3, -0.25) is 9.59 Å². The zero-order valence-corrected chi connectivity index (χ0v) is 43.0. The van der Waals surface area contributed by atoms with Gasteiger partial charge in [-0.2, -0.15) is 0 Å². The predicted octanol–water partition coefficient (Wildman–Crippen LogP) is 17.5. The van der Waals surface area contributed by atoms with Crippen LogP contribution in [0.4, 0.5) is 0 Å². The summed E-state index contributed by atoms with van der Waals surface area (Å²) in [6.45, 7) is 4.88. The van der Waals surface area contributed by atoms with Gasteiger partial charge in [-0.05, 0) is 57.8 Å². The molecule has 0 saturated carbocycles. The smallest absolute Gasteiger partial charge is 0.305 e. The van der Waals surface area contributed by atoms with Gasteiger partial charge in [0.25, 0.3) is 0 Å². The molecule has 64 heavy (non-hydrogen) atoms. The Balaban J connectivity index is 3.51. The number of ether oxygens (including phenoxy) is 1. The van der Waals surface area contributed by atoms with Crippen LogP contribution < -0.4 is 5.32 Å². The Morgan fingerprint density at radius 1 is 0.422 bits per heavy atom. The number of rotatable bonds is 53. The lowest BCUT2D eigenvalue weighted by atomic mass is 10.0. The number of aliphatic hydroxyl groups is 2. The number of hydrogen-bond donors (Lipinski definition) is 3. The highest BCUT2D eigenvalue weighted by Crippen LogP contribution is 2.17. The number of nitrogens with one attached hydrogen (secondary N) is 1. The number of hydrogen-bond acceptors (Lipinski definition) is 5. The van der Waals surface area contributed by atoms with E-state index in [0.29, 0.717) is 19.4 Å². The lowest BCUT2D eigenvalue weighted by molar-refractivity contribution is -0.143. The highest BCUT2D eigenvalue weighted by molar-refractivity contribution is 5.76. The van der Waals surface area contributed by atoms with Crippen molar-refractivity contribution >= 4 is 11.9 Å². The first kappa shape index (κ1) is 62.3. The van der Waals surface area contributed by atoms with Crippen molar-refractivity contribution in [3.63, 3.8) is 0 Å². The van der Waals surface area contributed by atoms with Crippen molar-refractivity contribution in [2.45, 2.75) is 321 Å². The van der Waals surface area contributed by atoms with Gasteiger partial charge in [-0.1, -0.05) is 263 Å². The Morgan fingerprint density at radius 3 is 1.11 bits per heavy atom. The summed E-state index contributed by atoms with van der Waals surface area (Å²) in [5.74, 6) is -0.0920. The first-order valence-electron chi connectivity index (χ1n) is 28.6. The number of carbonyl (C=O) groups excluding carboxylic acids is 2. The molecule has 0 bridgehead atoms. The van der Waals surface area contributed by atoms with Gasteiger partial charge in [0.15, 0.2) is 0 Å². The average Bonchev–Trinajstić information content (AvgIpc) is 3.29. The van der Waals surface area contributed by atoms with Gasteiger partial charge in [0.2, 0.25) is 5.91 Å². The van der Waals surface area contributed by atoms with Crippen molar-refractivity contribution in [3.8, 4) is 0 Å². The van der Waals surface area contributed by atoms with Crippen LogP contribution in [0.5, 0.6) is 0 Å². The molecule has 2 atom stereocenters. The Bertz CT molecular complexity index is 997. The highest BCUT2D eigenvalue weighted by Gasteiger charge is 2.18. The van der Waals surface area contributed by atoms with E-state index in [1.54, 1.807) is 6.08 Å². The van der Waals surface area contributed by atoms with Crippen molar-refractivity contribution in [2.24, 2.45) is 0 Å². The zero-order chi connectivity index (χ0) is 46.5. The molecule has 1 amide bonds. The Hall–Kier alpha value is -1.66. The molecular formula is C58H111NO5. The maximum atomic E-state index is 12.5. The molecular weight excluding hydrogens is 791 g/mol. The minimum absolute atomic E-state index is 0.0112. The van der Waals surface area contributed by atoms with Gasteiger partial charge in [-0.25, -0.2) is 0 Å². The second-order valence-electron chi connectivity index (χ2n) is 19.6. The second kappa shape index (κ2) is 54.0. The molecule has 0 aliphatic heterocycles. The molecule has 0 spiro atoms. The van der Waals surface area contributed by atoms with Crippen LogP contribution in [0.25, 0.3) is 0 Å². The molecule has 0 aliphatic rings. The topological polar surface area (TPSA) is 95.9 Å². The number of esters is 1. The fourth-order valence-electron chi connectivity index (χ4n) is 8.81. The fraction of sp³-hybridized carbons (Fsp3) is 0.897. The summed E-state index contributed by atoms with van der Waals surface area (Å²) in [5, 5.41) is 23.2. The summed E-state index contributed by atoms with van der Waals surface area (Å²) in [7, 11) is 0. The maximum Gasteiger partial charge on any atom is 0.305 e. The Labute approximate surface area is 399 Å². The molecule has 0 heterocycles. The summed E-state index contributed by atoms with van der Waals surface area (Å²) in [4.78, 5) is 24.5. The minimum atomic E-state index is -0.855. The largest absolute Gasteiger partial charge is 0.466 e. The predicted molar refractivity (Wildman–Crippen MR) is 278 cm³/mol. The first-order chi connectivity index (χ1) is 31.5. The van der Waals surface area contributed by atoms with Crippen LogP contribution in [0, 0.1) is 0 Å². The molecule has 0 aromatic rings. The van der Waals surface area contributed by atoms with Crippen molar-refractivity contribution in [2.75, 3.05) is 13.2 Å². The van der Waals surface area contributed by atoms with E-state index < -0.39 is 12.1 Å². The molecule has 0 saturated heterocycles. The molecule has 0 fully saturated rings. The van der Waals surface area contributed by atoms with E-state index in [1.165, 1.54) is 212 Å². The third kappa shape index (κ3) is 49.8. The van der Waals surface area contributed by atoms with E-state index >= 15 is 0 Å². The van der Waals surface area contributed by atoms with Crippen molar-refractivity contribution in [1.82, 2.24) is 5.32 Å². The second-order valence-corrected chi connectivity index (χ2v) is 19.6. The third-order valence-corrected chi connectivity index (χ3v) is 13.2. The Kier molecular flexibility index (Phi) is 52.6. The van der Waals surface area contributed by atoms with E-state index in [2.05, 4.69) is 31.3 Å². The number of aliphatic hydroxyl groups excluding tert-OH is 2. The van der Waals surface area contributed by atoms with E-state index in [4.69, 9.17) is 4.74 Å². The molecule has 2 unspecified atom stereocenters. The molecule has 0 rings (SSSR count). The minimum Gasteiger partial charge on any atom is -0.466 e. The first-order valence-corrected chi connectivity index (χ1v) is 28.6. The average molecular weight is 903 g/mol. The van der Waals surface area contributed by atoms with E-state index in [1.807, 2.05) is 6.08 Å². The van der Waals surface area contributed by atoms with E-state index in [0.717, 1.165) is 70.6 Å². The lowest BCUT2D eigenvalue weighted by Gasteiger charge is -2.20. The number of amides is 1. The van der Waals surface area contributed by atoms with Crippen molar-refractivity contribution in [1.29, 1.82) is 0 Å². The Morgan fingerprint density at radius 2 is 0.734 bits per heavy atom. The van der Waals surface area contributed by atoms with Crippen LogP contribution in [0.2, 0.25) is 0 Å². The van der Waals surface area contributed by atoms with E-state index in [-0.39, 0.29) is 18.5 Å². The fourth-order valence-corrected chi connectivity index (χ4v) is 8.81. The van der Waals surface area contributed by atoms with Gasteiger partial charge in [0.05, 0.1) is 25.4 Å². The van der Waals surface area contributed by atoms with Crippen LogP contribution in [0.15, 0.2) is 24.3 Å². The van der Waals surface area contributed by atoms with Gasteiger partial charge in [0.1, 0.15) is 0 Å². The summed E-state index contributed by atoms with van der Waals surface area (Å²) in [6.07, 6.45) is 64.8. The highest BCUT2D eigenvalue weighted by atomic mass is 16.5. The quantitative estimate of drug-likeness (QED) is 0.0321. The van der Waals surface area contributed by atoms with Crippen molar-refractivity contribution in [3.05, 3.63) is 24.3 Å². The molecule has 3 N–H and O–H groups in total. The summed E-state index contributed by atoms with van der Waals surface area (Å²) < 4.78 is 5.44. The van der Waals surface area contributed by atoms with Gasteiger partial charge >= 0.3 is 5.97 Å². The molecule has 0 aromatic carbocycles. The molecule has 0 aromatic heterocycles. The standard InChI is InChI=1S/C58H111NO5/c1-3-5-7-9-11-13-15-16-17-18-19-20-21-22-24-27-31-34-38-42-46-50-56(61)55(54-60)59-57(62)51-47-43-39-35-32-28-25-23-26-29-33-37-41-45-49-53-64-58(63)52-48-44-40-36-30-14-12-10-8-6-4-2/h26,29,46,50,55-56,60-61H,3-25,27-28,30-45,47-49,51-54H2,1-2H3,(H,59,62)/b29-26-,50-46+. The number of allylic oxidation sites excluding steroid dienone is 3. The van der Waals surface area contributed by atoms with Crippen LogP contribution in [0.1, 0.15) is 309 Å². The normalized spacial score (nSPS) is 12.8. The SMILES string of the molecule is CCCCCCCCCCCCCCCCCCCCC/C=C/C(O)C(CO)NC(=O)CCCCCCCCC/C=C\CCCCCCOC(=O)CCCCCCCCCCCCC. The van der Waals surface area contributed by atoms with Gasteiger partial charge in [-0.15, -0.1) is 0 Å². The maximum absolute atomic E-state index is 12.5. The van der Waals surface area contributed by atoms with E-state index in [9.17, 15) is 19.8 Å². The van der Waals surface area contributed by atoms with Crippen LogP contribution >= 0.6 is 0 Å². The van der Waals surface area contributed by atoms with Gasteiger partial charge < -0.3 is 20.3 Å². The van der Waals surface area contributed by atoms with Crippen molar-refractivity contribution < 1.29 is 24.5 Å². The summed E-state index contributed by atoms with van der Waals surface area (Å²) in [5.41, 5.74) is 0. The number of carbonyl (C=O) groups is 2. The number of unbranched alkanes of at least 4 members (excludes halogenated alkanes) is 40. The van der Waals surface area contributed by atoms with Crippen LogP contribution in [0.3, 0.4) is 0 Å². The molecule has 6 nitrogen and oxygen atoms in total. The van der Waals surface area contributed by atoms with Crippen LogP contribution in [-0.4, -0.2) is 47.4 Å². The summed E-state index contributed by atoms with van der Waals surface area (Å²) >= 11 is 0.